The molecule has 0 aliphatic carbocycles. The molecule has 0 unspecified atom stereocenters. The largest absolute Gasteiger partial charge is 0.297 e. The number of aromatic nitrogens is 4. The van der Waals surface area contributed by atoms with E-state index in [1.165, 1.54) is 16.8 Å². The molecular weight excluding hydrogens is 260 g/mol. The lowest BCUT2D eigenvalue weighted by atomic mass is 10.3. The monoisotopic (exact) mass is 276 g/mol. The molecule has 0 atom stereocenters. The van der Waals surface area contributed by atoms with Gasteiger partial charge in [-0.25, -0.2) is 0 Å². The van der Waals surface area contributed by atoms with E-state index in [0.717, 1.165) is 0 Å². The Morgan fingerprint density at radius 2 is 2.20 bits per heavy atom. The standard InChI is InChI=1S/C12H16N6O2/c1-9(2)16(3)8-12-13-14-15-17(12)10-5-4-6-11(7-10)18(19)20/h4-7,9H,8H2,1-3H3. The summed E-state index contributed by atoms with van der Waals surface area (Å²) in [6, 6.07) is 6.60. The van der Waals surface area contributed by atoms with Crippen molar-refractivity contribution in [3.63, 3.8) is 0 Å². The van der Waals surface area contributed by atoms with E-state index in [9.17, 15) is 10.1 Å². The van der Waals surface area contributed by atoms with Gasteiger partial charge in [0.2, 0.25) is 0 Å². The number of non-ortho nitro benzene ring substituents is 1. The number of benzene rings is 1. The van der Waals surface area contributed by atoms with Gasteiger partial charge >= 0.3 is 0 Å². The second-order valence-electron chi connectivity index (χ2n) is 4.79. The van der Waals surface area contributed by atoms with Gasteiger partial charge in [0.05, 0.1) is 17.2 Å². The molecule has 0 aliphatic heterocycles. The SMILES string of the molecule is CC(C)N(C)Cc1nnnn1-c1cccc([N+](=O)[O-])c1. The van der Waals surface area contributed by atoms with E-state index < -0.39 is 4.92 Å². The first-order valence-electron chi connectivity index (χ1n) is 6.21. The van der Waals surface area contributed by atoms with Crippen molar-refractivity contribution in [1.29, 1.82) is 0 Å². The summed E-state index contributed by atoms with van der Waals surface area (Å²) in [5.74, 6) is 0.640. The number of tetrazole rings is 1. The maximum absolute atomic E-state index is 10.8. The average molecular weight is 276 g/mol. The quantitative estimate of drug-likeness (QED) is 0.606. The Balaban J connectivity index is 2.32. The Morgan fingerprint density at radius 1 is 1.45 bits per heavy atom. The molecule has 8 heteroatoms. The minimum Gasteiger partial charge on any atom is -0.297 e. The minimum atomic E-state index is -0.437. The van der Waals surface area contributed by atoms with Gasteiger partial charge in [0.15, 0.2) is 5.82 Å². The van der Waals surface area contributed by atoms with Crippen LogP contribution in [0.15, 0.2) is 24.3 Å². The van der Waals surface area contributed by atoms with Gasteiger partial charge in [-0.05, 0) is 37.4 Å². The maximum atomic E-state index is 10.8. The molecule has 0 N–H and O–H groups in total. The molecule has 1 heterocycles. The molecule has 106 valence electrons. The first-order valence-corrected chi connectivity index (χ1v) is 6.21. The highest BCUT2D eigenvalue weighted by Crippen LogP contribution is 2.17. The summed E-state index contributed by atoms with van der Waals surface area (Å²) in [6.45, 7) is 4.70. The summed E-state index contributed by atoms with van der Waals surface area (Å²) in [5, 5.41) is 22.3. The van der Waals surface area contributed by atoms with Crippen molar-refractivity contribution in [3.05, 3.63) is 40.2 Å². The van der Waals surface area contributed by atoms with Crippen LogP contribution in [0.4, 0.5) is 5.69 Å². The van der Waals surface area contributed by atoms with Crippen LogP contribution in [0, 0.1) is 10.1 Å². The molecule has 0 spiro atoms. The fourth-order valence-electron chi connectivity index (χ4n) is 1.65. The Morgan fingerprint density at radius 3 is 2.85 bits per heavy atom. The Hall–Kier alpha value is -2.35. The third-order valence-electron chi connectivity index (χ3n) is 3.09. The van der Waals surface area contributed by atoms with Crippen molar-refractivity contribution >= 4 is 5.69 Å². The van der Waals surface area contributed by atoms with Gasteiger partial charge < -0.3 is 0 Å². The van der Waals surface area contributed by atoms with E-state index >= 15 is 0 Å². The highest BCUT2D eigenvalue weighted by Gasteiger charge is 2.14. The van der Waals surface area contributed by atoms with Crippen molar-refractivity contribution in [2.24, 2.45) is 0 Å². The molecule has 0 bridgehead atoms. The van der Waals surface area contributed by atoms with Crippen LogP contribution >= 0.6 is 0 Å². The van der Waals surface area contributed by atoms with Gasteiger partial charge in [-0.1, -0.05) is 6.07 Å². The van der Waals surface area contributed by atoms with Gasteiger partial charge in [-0.2, -0.15) is 4.68 Å². The topological polar surface area (TPSA) is 90.0 Å². The van der Waals surface area contributed by atoms with Crippen LogP contribution in [-0.4, -0.2) is 43.1 Å². The van der Waals surface area contributed by atoms with Crippen molar-refractivity contribution in [2.45, 2.75) is 26.4 Å². The van der Waals surface area contributed by atoms with E-state index in [1.807, 2.05) is 7.05 Å². The average Bonchev–Trinajstić information content (AvgIpc) is 2.86. The van der Waals surface area contributed by atoms with Gasteiger partial charge in [0.1, 0.15) is 0 Å². The summed E-state index contributed by atoms with van der Waals surface area (Å²) in [5.41, 5.74) is 0.595. The first-order chi connectivity index (χ1) is 9.49. The van der Waals surface area contributed by atoms with Crippen molar-refractivity contribution in [3.8, 4) is 5.69 Å². The summed E-state index contributed by atoms with van der Waals surface area (Å²) < 4.78 is 1.52. The molecule has 0 radical (unpaired) electrons. The number of nitro benzene ring substituents is 1. The zero-order valence-corrected chi connectivity index (χ0v) is 11.6. The predicted octanol–water partition coefficient (Wildman–Crippen LogP) is 1.41. The molecular formula is C12H16N6O2. The van der Waals surface area contributed by atoms with E-state index in [0.29, 0.717) is 24.1 Å². The van der Waals surface area contributed by atoms with E-state index in [2.05, 4.69) is 34.3 Å². The van der Waals surface area contributed by atoms with Crippen LogP contribution < -0.4 is 0 Å². The summed E-state index contributed by atoms with van der Waals surface area (Å²) in [4.78, 5) is 12.5. The van der Waals surface area contributed by atoms with Gasteiger partial charge in [-0.3, -0.25) is 15.0 Å². The molecule has 0 saturated carbocycles. The highest BCUT2D eigenvalue weighted by atomic mass is 16.6. The number of rotatable bonds is 5. The zero-order chi connectivity index (χ0) is 14.7. The second kappa shape index (κ2) is 5.74. The van der Waals surface area contributed by atoms with Crippen LogP contribution in [0.2, 0.25) is 0 Å². The predicted molar refractivity (Wildman–Crippen MR) is 72.4 cm³/mol. The molecule has 0 saturated heterocycles. The minimum absolute atomic E-state index is 0.0150. The van der Waals surface area contributed by atoms with Gasteiger partial charge in [0, 0.05) is 18.2 Å². The molecule has 8 nitrogen and oxygen atoms in total. The molecule has 2 aromatic rings. The van der Waals surface area contributed by atoms with Crippen LogP contribution in [0.25, 0.3) is 5.69 Å². The number of nitrogens with zero attached hydrogens (tertiary/aromatic N) is 6. The molecule has 2 rings (SSSR count). The smallest absolute Gasteiger partial charge is 0.271 e. The van der Waals surface area contributed by atoms with Gasteiger partial charge in [0.25, 0.3) is 5.69 Å². The molecule has 0 amide bonds. The fraction of sp³-hybridized carbons (Fsp3) is 0.417. The summed E-state index contributed by atoms with van der Waals surface area (Å²) in [7, 11) is 1.97. The van der Waals surface area contributed by atoms with E-state index in [1.54, 1.807) is 12.1 Å². The van der Waals surface area contributed by atoms with Crippen molar-refractivity contribution in [2.75, 3.05) is 7.05 Å². The molecule has 1 aromatic carbocycles. The third-order valence-corrected chi connectivity index (χ3v) is 3.09. The van der Waals surface area contributed by atoms with Gasteiger partial charge in [-0.15, -0.1) is 5.10 Å². The maximum Gasteiger partial charge on any atom is 0.271 e. The zero-order valence-electron chi connectivity index (χ0n) is 11.6. The summed E-state index contributed by atoms with van der Waals surface area (Å²) in [6.07, 6.45) is 0. The molecule has 0 fully saturated rings. The Labute approximate surface area is 116 Å². The van der Waals surface area contributed by atoms with E-state index in [4.69, 9.17) is 0 Å². The Bertz CT molecular complexity index is 609. The lowest BCUT2D eigenvalue weighted by Gasteiger charge is -2.19. The molecule has 0 aliphatic rings. The fourth-order valence-corrected chi connectivity index (χ4v) is 1.65. The summed E-state index contributed by atoms with van der Waals surface area (Å²) >= 11 is 0. The third kappa shape index (κ3) is 2.97. The molecule has 20 heavy (non-hydrogen) atoms. The Kier molecular flexibility index (Phi) is 4.04. The van der Waals surface area contributed by atoms with Crippen molar-refractivity contribution < 1.29 is 4.92 Å². The number of hydrogen-bond acceptors (Lipinski definition) is 6. The normalized spacial score (nSPS) is 11.2. The second-order valence-corrected chi connectivity index (χ2v) is 4.79. The lowest BCUT2D eigenvalue weighted by molar-refractivity contribution is -0.384. The van der Waals surface area contributed by atoms with Crippen LogP contribution in [-0.2, 0) is 6.54 Å². The highest BCUT2D eigenvalue weighted by molar-refractivity contribution is 5.42. The van der Waals surface area contributed by atoms with E-state index in [-0.39, 0.29) is 5.69 Å². The molecule has 1 aromatic heterocycles. The van der Waals surface area contributed by atoms with Crippen LogP contribution in [0.3, 0.4) is 0 Å². The lowest BCUT2D eigenvalue weighted by Crippen LogP contribution is -2.27. The van der Waals surface area contributed by atoms with Crippen LogP contribution in [0.1, 0.15) is 19.7 Å². The number of nitro groups is 1. The number of hydrogen-bond donors (Lipinski definition) is 0. The first kappa shape index (κ1) is 14.1. The van der Waals surface area contributed by atoms with Crippen LogP contribution in [0.5, 0.6) is 0 Å². The van der Waals surface area contributed by atoms with Crippen molar-refractivity contribution in [1.82, 2.24) is 25.1 Å².